The van der Waals surface area contributed by atoms with Crippen molar-refractivity contribution in [1.82, 2.24) is 25.0 Å². The van der Waals surface area contributed by atoms with Gasteiger partial charge in [0, 0.05) is 25.1 Å². The number of aromatic carboxylic acids is 1. The average Bonchev–Trinajstić information content (AvgIpc) is 2.97. The minimum Gasteiger partial charge on any atom is -0.478 e. The van der Waals surface area contributed by atoms with Gasteiger partial charge in [0.05, 0.1) is 17.1 Å². The summed E-state index contributed by atoms with van der Waals surface area (Å²) in [4.78, 5) is 15.9. The molecule has 3 aromatic heterocycles. The van der Waals surface area contributed by atoms with Crippen LogP contribution in [-0.4, -0.2) is 36.0 Å². The number of fused-ring (bicyclic) bond motifs is 1. The summed E-state index contributed by atoms with van der Waals surface area (Å²) in [5.74, 6) is -0.650. The van der Waals surface area contributed by atoms with E-state index < -0.39 is 5.97 Å². The smallest absolute Gasteiger partial charge is 0.338 e. The first-order valence-electron chi connectivity index (χ1n) is 5.58. The van der Waals surface area contributed by atoms with E-state index in [1.54, 1.807) is 24.9 Å². The fourth-order valence-corrected chi connectivity index (χ4v) is 2.67. The Balaban J connectivity index is 2.19. The average molecular weight is 291 g/mol. The number of nitrogens with zero attached hydrogens (tertiary/aromatic N) is 5. The predicted octanol–water partition coefficient (Wildman–Crippen LogP) is 1.51. The molecule has 0 fully saturated rings. The van der Waals surface area contributed by atoms with Gasteiger partial charge in [-0.25, -0.2) is 9.78 Å². The fourth-order valence-electron chi connectivity index (χ4n) is 1.74. The summed E-state index contributed by atoms with van der Waals surface area (Å²) < 4.78 is 6.85. The monoisotopic (exact) mass is 291 g/mol. The molecule has 8 nitrogen and oxygen atoms in total. The van der Waals surface area contributed by atoms with Crippen molar-refractivity contribution in [2.24, 2.45) is 7.05 Å². The molecule has 0 saturated heterocycles. The van der Waals surface area contributed by atoms with Crippen molar-refractivity contribution in [3.8, 4) is 0 Å². The van der Waals surface area contributed by atoms with Crippen molar-refractivity contribution in [3.63, 3.8) is 0 Å². The quantitative estimate of drug-likeness (QED) is 0.773. The van der Waals surface area contributed by atoms with Crippen molar-refractivity contribution in [1.29, 1.82) is 0 Å². The Morgan fingerprint density at radius 1 is 1.40 bits per heavy atom. The predicted molar refractivity (Wildman–Crippen MR) is 68.6 cm³/mol. The van der Waals surface area contributed by atoms with Crippen LogP contribution in [0.2, 0.25) is 0 Å². The summed E-state index contributed by atoms with van der Waals surface area (Å²) in [7, 11) is 1.74. The van der Waals surface area contributed by atoms with Crippen LogP contribution < -0.4 is 0 Å². The van der Waals surface area contributed by atoms with E-state index in [-0.39, 0.29) is 10.8 Å². The number of hydrogen-bond donors (Lipinski definition) is 1. The Labute approximate surface area is 116 Å². The maximum absolute atomic E-state index is 11.3. The lowest BCUT2D eigenvalue weighted by Gasteiger charge is -2.04. The highest BCUT2D eigenvalue weighted by molar-refractivity contribution is 7.99. The molecule has 0 aliphatic heterocycles. The molecule has 20 heavy (non-hydrogen) atoms. The summed E-state index contributed by atoms with van der Waals surface area (Å²) in [6.45, 7) is 1.67. The number of hydrogen-bond acceptors (Lipinski definition) is 7. The van der Waals surface area contributed by atoms with Gasteiger partial charge in [-0.3, -0.25) is 4.68 Å². The van der Waals surface area contributed by atoms with Gasteiger partial charge in [-0.15, -0.1) is 10.2 Å². The van der Waals surface area contributed by atoms with E-state index in [1.165, 1.54) is 6.20 Å². The van der Waals surface area contributed by atoms with Gasteiger partial charge in [0.1, 0.15) is 0 Å². The second-order valence-corrected chi connectivity index (χ2v) is 4.96. The summed E-state index contributed by atoms with van der Waals surface area (Å²) in [6.07, 6.45) is 2.87. The Morgan fingerprint density at radius 3 is 2.85 bits per heavy atom. The third kappa shape index (κ3) is 2.01. The van der Waals surface area contributed by atoms with E-state index in [1.807, 2.05) is 0 Å². The molecule has 0 saturated carbocycles. The van der Waals surface area contributed by atoms with Gasteiger partial charge in [0.15, 0.2) is 5.65 Å². The first-order chi connectivity index (χ1) is 9.56. The van der Waals surface area contributed by atoms with Gasteiger partial charge >= 0.3 is 5.97 Å². The van der Waals surface area contributed by atoms with Gasteiger partial charge < -0.3 is 9.52 Å². The standard InChI is InChI=1S/C11H9N5O3S/c1-5-14-15-11(19-5)20-8-6-4-13-16(2)9(6)12-3-7(8)10(17)18/h3-4H,1-2H3,(H,17,18). The molecule has 0 unspecified atom stereocenters. The van der Waals surface area contributed by atoms with Crippen LogP contribution >= 0.6 is 11.8 Å². The first kappa shape index (κ1) is 12.6. The molecular formula is C11H9N5O3S. The van der Waals surface area contributed by atoms with Crippen molar-refractivity contribution in [3.05, 3.63) is 23.8 Å². The summed E-state index contributed by atoms with van der Waals surface area (Å²) in [5.41, 5.74) is 0.667. The van der Waals surface area contributed by atoms with Crippen LogP contribution in [-0.2, 0) is 7.05 Å². The number of carbonyl (C=O) groups is 1. The summed E-state index contributed by atoms with van der Waals surface area (Å²) >= 11 is 1.09. The first-order valence-corrected chi connectivity index (χ1v) is 6.40. The number of aryl methyl sites for hydroxylation is 2. The lowest BCUT2D eigenvalue weighted by Crippen LogP contribution is -2.01. The van der Waals surface area contributed by atoms with Gasteiger partial charge in [-0.2, -0.15) is 5.10 Å². The molecule has 102 valence electrons. The lowest BCUT2D eigenvalue weighted by molar-refractivity contribution is 0.0693. The van der Waals surface area contributed by atoms with Crippen LogP contribution in [0.5, 0.6) is 0 Å². The maximum atomic E-state index is 11.3. The zero-order valence-corrected chi connectivity index (χ0v) is 11.4. The molecule has 0 aromatic carbocycles. The highest BCUT2D eigenvalue weighted by atomic mass is 32.2. The largest absolute Gasteiger partial charge is 0.478 e. The van der Waals surface area contributed by atoms with E-state index in [0.717, 1.165) is 11.8 Å². The molecule has 3 aromatic rings. The molecule has 0 aliphatic rings. The number of pyridine rings is 1. The minimum atomic E-state index is -1.07. The van der Waals surface area contributed by atoms with Crippen LogP contribution in [0.4, 0.5) is 0 Å². The highest BCUT2D eigenvalue weighted by Crippen LogP contribution is 2.34. The molecule has 0 spiro atoms. The molecule has 0 bridgehead atoms. The second kappa shape index (κ2) is 4.60. The molecule has 0 radical (unpaired) electrons. The molecule has 3 rings (SSSR count). The van der Waals surface area contributed by atoms with Crippen LogP contribution in [0.15, 0.2) is 26.9 Å². The zero-order valence-electron chi connectivity index (χ0n) is 10.6. The van der Waals surface area contributed by atoms with E-state index in [9.17, 15) is 9.90 Å². The maximum Gasteiger partial charge on any atom is 0.338 e. The fraction of sp³-hybridized carbons (Fsp3) is 0.182. The molecular weight excluding hydrogens is 282 g/mol. The van der Waals surface area contributed by atoms with Crippen molar-refractivity contribution >= 4 is 28.8 Å². The minimum absolute atomic E-state index is 0.0753. The normalized spacial score (nSPS) is 11.1. The molecule has 0 aliphatic carbocycles. The Kier molecular flexibility index (Phi) is 2.90. The molecule has 9 heteroatoms. The van der Waals surface area contributed by atoms with Gasteiger partial charge in [-0.05, 0) is 11.8 Å². The second-order valence-electron chi connectivity index (χ2n) is 4.00. The molecule has 3 heterocycles. The highest BCUT2D eigenvalue weighted by Gasteiger charge is 2.20. The SMILES string of the molecule is Cc1nnc(Sc2c(C(=O)O)cnc3c2cnn3C)o1. The zero-order chi connectivity index (χ0) is 14.3. The topological polar surface area (TPSA) is 107 Å². The number of carboxylic acids is 1. The van der Waals surface area contributed by atoms with Crippen LogP contribution in [0.25, 0.3) is 11.0 Å². The molecule has 1 N–H and O–H groups in total. The van der Waals surface area contributed by atoms with Crippen LogP contribution in [0, 0.1) is 6.92 Å². The summed E-state index contributed by atoms with van der Waals surface area (Å²) in [6, 6.07) is 0. The number of aromatic nitrogens is 5. The third-order valence-corrected chi connectivity index (χ3v) is 3.62. The van der Waals surface area contributed by atoms with Gasteiger partial charge in [0.2, 0.25) is 5.89 Å². The van der Waals surface area contributed by atoms with E-state index >= 15 is 0 Å². The van der Waals surface area contributed by atoms with E-state index in [0.29, 0.717) is 21.8 Å². The van der Waals surface area contributed by atoms with E-state index in [2.05, 4.69) is 20.3 Å². The number of rotatable bonds is 3. The van der Waals surface area contributed by atoms with Gasteiger partial charge in [0.25, 0.3) is 5.22 Å². The number of carboxylic acid groups (broad SMARTS) is 1. The van der Waals surface area contributed by atoms with Crippen LogP contribution in [0.1, 0.15) is 16.2 Å². The third-order valence-electron chi connectivity index (χ3n) is 2.64. The van der Waals surface area contributed by atoms with Crippen LogP contribution in [0.3, 0.4) is 0 Å². The van der Waals surface area contributed by atoms with Crippen molar-refractivity contribution in [2.75, 3.05) is 0 Å². The van der Waals surface area contributed by atoms with E-state index in [4.69, 9.17) is 4.42 Å². The Hall–Kier alpha value is -2.42. The molecule has 0 atom stereocenters. The Morgan fingerprint density at radius 2 is 2.20 bits per heavy atom. The Bertz CT molecular complexity index is 810. The van der Waals surface area contributed by atoms with Crippen molar-refractivity contribution < 1.29 is 14.3 Å². The van der Waals surface area contributed by atoms with Gasteiger partial charge in [-0.1, -0.05) is 0 Å². The van der Waals surface area contributed by atoms with Crippen molar-refractivity contribution in [2.45, 2.75) is 17.0 Å². The molecule has 0 amide bonds. The lowest BCUT2D eigenvalue weighted by atomic mass is 10.2. The summed E-state index contributed by atoms with van der Waals surface area (Å²) in [5, 5.41) is 21.8.